The normalized spacial score (nSPS) is 17.9. The van der Waals surface area contributed by atoms with Gasteiger partial charge in [0.2, 0.25) is 10.0 Å². The van der Waals surface area contributed by atoms with Gasteiger partial charge in [-0.05, 0) is 55.9 Å². The van der Waals surface area contributed by atoms with Crippen LogP contribution in [0, 0.1) is 0 Å². The maximum Gasteiger partial charge on any atom is 0.331 e. The number of benzene rings is 1. The zero-order valence-electron chi connectivity index (χ0n) is 18.7. The lowest BCUT2D eigenvalue weighted by Crippen LogP contribution is -2.40. The van der Waals surface area contributed by atoms with Gasteiger partial charge in [0.1, 0.15) is 6.67 Å². The van der Waals surface area contributed by atoms with E-state index in [1.54, 1.807) is 7.05 Å². The molecule has 0 atom stereocenters. The number of aromatic nitrogens is 2. The number of hydrogen-bond donors (Lipinski definition) is 2. The Balaban J connectivity index is 1.83. The molecule has 2 aromatic rings. The van der Waals surface area contributed by atoms with Crippen molar-refractivity contribution in [3.8, 4) is 0 Å². The minimum absolute atomic E-state index is 0.00894. The summed E-state index contributed by atoms with van der Waals surface area (Å²) in [5.74, 6) is 5.98. The minimum atomic E-state index is -4.03. The number of nitrogens with zero attached hydrogens (tertiary/aromatic N) is 3. The third-order valence-electron chi connectivity index (χ3n) is 6.32. The molecule has 1 heterocycles. The van der Waals surface area contributed by atoms with Gasteiger partial charge in [-0.2, -0.15) is 0 Å². The van der Waals surface area contributed by atoms with Crippen LogP contribution in [0.3, 0.4) is 0 Å². The van der Waals surface area contributed by atoms with E-state index in [1.807, 2.05) is 12.2 Å². The zero-order chi connectivity index (χ0) is 24.0. The van der Waals surface area contributed by atoms with Crippen LogP contribution < -0.4 is 21.8 Å². The molecule has 2 aliphatic carbocycles. The maximum atomic E-state index is 13.4. The first-order chi connectivity index (χ1) is 15.6. The highest BCUT2D eigenvalue weighted by Gasteiger charge is 2.46. The molecule has 0 radical (unpaired) electrons. The molecule has 33 heavy (non-hydrogen) atoms. The largest absolute Gasteiger partial charge is 0.331 e. The summed E-state index contributed by atoms with van der Waals surface area (Å²) in [5.41, 5.74) is -0.269. The van der Waals surface area contributed by atoms with Gasteiger partial charge in [0.05, 0.1) is 27.9 Å². The van der Waals surface area contributed by atoms with E-state index in [2.05, 4.69) is 4.72 Å². The summed E-state index contributed by atoms with van der Waals surface area (Å²) in [6.45, 7) is -0.781. The van der Waals surface area contributed by atoms with Crippen LogP contribution in [0.4, 0.5) is 4.39 Å². The van der Waals surface area contributed by atoms with Crippen LogP contribution in [0.15, 0.2) is 56.1 Å². The summed E-state index contributed by atoms with van der Waals surface area (Å²) >= 11 is 0. The number of hydrogen-bond acceptors (Lipinski definition) is 6. The topological polar surface area (TPSA) is 119 Å². The molecule has 0 saturated heterocycles. The lowest BCUT2D eigenvalue weighted by Gasteiger charge is -2.20. The molecule has 1 fully saturated rings. The van der Waals surface area contributed by atoms with Crippen molar-refractivity contribution in [3.63, 3.8) is 0 Å². The van der Waals surface area contributed by atoms with Crippen molar-refractivity contribution in [1.29, 1.82) is 0 Å². The van der Waals surface area contributed by atoms with Crippen molar-refractivity contribution in [3.05, 3.63) is 62.5 Å². The van der Waals surface area contributed by atoms with Gasteiger partial charge in [-0.1, -0.05) is 12.2 Å². The Bertz CT molecular complexity index is 1380. The van der Waals surface area contributed by atoms with E-state index in [-0.39, 0.29) is 16.8 Å². The van der Waals surface area contributed by atoms with E-state index >= 15 is 0 Å². The van der Waals surface area contributed by atoms with Gasteiger partial charge in [0.15, 0.2) is 0 Å². The molecule has 1 saturated carbocycles. The minimum Gasteiger partial charge on any atom is -0.318 e. The second-order valence-electron chi connectivity index (χ2n) is 8.81. The fraction of sp³-hybridized carbons (Fsp3) is 0.455. The summed E-state index contributed by atoms with van der Waals surface area (Å²) < 4.78 is 43.7. The van der Waals surface area contributed by atoms with Crippen molar-refractivity contribution in [2.24, 2.45) is 12.9 Å². The van der Waals surface area contributed by atoms with E-state index in [0.717, 1.165) is 28.7 Å². The van der Waals surface area contributed by atoms with Crippen LogP contribution in [0.5, 0.6) is 0 Å². The molecule has 4 rings (SSSR count). The number of halogens is 1. The molecule has 0 aliphatic heterocycles. The average Bonchev–Trinajstić information content (AvgIpc) is 3.58. The molecule has 1 aromatic heterocycles. The van der Waals surface area contributed by atoms with Gasteiger partial charge in [0.25, 0.3) is 5.56 Å². The first-order valence-corrected chi connectivity index (χ1v) is 12.3. The van der Waals surface area contributed by atoms with Gasteiger partial charge >= 0.3 is 5.69 Å². The van der Waals surface area contributed by atoms with Gasteiger partial charge in [-0.15, -0.1) is 0 Å². The molecule has 2 aliphatic rings. The Morgan fingerprint density at radius 3 is 2.64 bits per heavy atom. The highest BCUT2D eigenvalue weighted by Crippen LogP contribution is 2.37. The Labute approximate surface area is 191 Å². The summed E-state index contributed by atoms with van der Waals surface area (Å²) in [7, 11) is -0.790. The van der Waals surface area contributed by atoms with E-state index < -0.39 is 33.5 Å². The van der Waals surface area contributed by atoms with Crippen LogP contribution in [0.25, 0.3) is 10.9 Å². The van der Waals surface area contributed by atoms with Crippen molar-refractivity contribution >= 4 is 20.9 Å². The number of nitrogens with one attached hydrogen (secondary N) is 1. The predicted octanol–water partition coefficient (Wildman–Crippen LogP) is 1.28. The molecule has 11 heteroatoms. The number of aryl methyl sites for hydroxylation is 1. The van der Waals surface area contributed by atoms with E-state index in [4.69, 9.17) is 5.84 Å². The second-order valence-corrected chi connectivity index (χ2v) is 10.5. The lowest BCUT2D eigenvalue weighted by molar-refractivity contribution is 0.393. The number of alkyl halides is 1. The van der Waals surface area contributed by atoms with Crippen LogP contribution in [0.2, 0.25) is 0 Å². The van der Waals surface area contributed by atoms with Crippen molar-refractivity contribution < 1.29 is 12.8 Å². The van der Waals surface area contributed by atoms with Crippen LogP contribution >= 0.6 is 0 Å². The van der Waals surface area contributed by atoms with E-state index in [1.165, 1.54) is 34.8 Å². The number of hydrazine groups is 1. The van der Waals surface area contributed by atoms with Gasteiger partial charge < -0.3 is 5.01 Å². The zero-order valence-corrected chi connectivity index (χ0v) is 19.5. The van der Waals surface area contributed by atoms with Gasteiger partial charge in [-0.25, -0.2) is 28.2 Å². The number of sulfonamides is 1. The Morgan fingerprint density at radius 2 is 2.00 bits per heavy atom. The summed E-state index contributed by atoms with van der Waals surface area (Å²) in [6, 6.07) is 3.99. The van der Waals surface area contributed by atoms with Crippen molar-refractivity contribution in [1.82, 2.24) is 18.9 Å². The monoisotopic (exact) mass is 477 g/mol. The second kappa shape index (κ2) is 8.54. The molecule has 3 N–H and O–H groups in total. The van der Waals surface area contributed by atoms with E-state index in [9.17, 15) is 22.4 Å². The molecule has 1 aromatic carbocycles. The summed E-state index contributed by atoms with van der Waals surface area (Å²) in [6.07, 6.45) is 7.19. The fourth-order valence-electron chi connectivity index (χ4n) is 4.15. The number of allylic oxidation sites excluding steroid dienone is 4. The first kappa shape index (κ1) is 23.4. The Morgan fingerprint density at radius 1 is 1.27 bits per heavy atom. The molecular weight excluding hydrogens is 449 g/mol. The molecular formula is C22H28FN5O4S. The van der Waals surface area contributed by atoms with Crippen molar-refractivity contribution in [2.45, 2.75) is 49.1 Å². The summed E-state index contributed by atoms with van der Waals surface area (Å²) in [4.78, 5) is 26.2. The van der Waals surface area contributed by atoms with Crippen LogP contribution in [0.1, 0.15) is 32.1 Å². The highest BCUT2D eigenvalue weighted by molar-refractivity contribution is 7.89. The highest BCUT2D eigenvalue weighted by atomic mass is 32.2. The van der Waals surface area contributed by atoms with Gasteiger partial charge in [0, 0.05) is 19.8 Å². The first-order valence-electron chi connectivity index (χ1n) is 10.8. The Hall–Kier alpha value is -2.76. The van der Waals surface area contributed by atoms with Crippen LogP contribution in [-0.4, -0.2) is 41.8 Å². The lowest BCUT2D eigenvalue weighted by atomic mass is 10.1. The number of rotatable bonds is 7. The average molecular weight is 478 g/mol. The van der Waals surface area contributed by atoms with Crippen LogP contribution in [-0.2, 0) is 23.6 Å². The predicted molar refractivity (Wildman–Crippen MR) is 124 cm³/mol. The summed E-state index contributed by atoms with van der Waals surface area (Å²) in [5, 5.41) is 1.59. The van der Waals surface area contributed by atoms with Crippen molar-refractivity contribution in [2.75, 3.05) is 13.7 Å². The third kappa shape index (κ3) is 4.40. The molecule has 0 unspecified atom stereocenters. The molecule has 0 spiro atoms. The van der Waals surface area contributed by atoms with Gasteiger partial charge in [-0.3, -0.25) is 13.9 Å². The molecule has 0 bridgehead atoms. The van der Waals surface area contributed by atoms with E-state index in [0.29, 0.717) is 24.8 Å². The Kier molecular flexibility index (Phi) is 6.06. The maximum absolute atomic E-state index is 13.4. The molecule has 0 amide bonds. The fourth-order valence-corrected chi connectivity index (χ4v) is 5.61. The molecule has 9 nitrogen and oxygen atoms in total. The SMILES string of the molecule is CN(N)C1=C(Cn2c(=O)c3cc(S(=O)(=O)NC4(CF)CC4)ccc3n(C)c2=O)C=CCCC1. The smallest absolute Gasteiger partial charge is 0.318 e. The third-order valence-corrected chi connectivity index (χ3v) is 7.90. The number of nitrogens with two attached hydrogens (primary N) is 1. The standard InChI is InChI=1S/C22H28FN5O4S/c1-26-19-9-8-16(33(31,32)25-22(14-23)10-11-22)12-17(19)20(29)28(21(26)30)13-15-6-4-3-5-7-18(15)27(2)24/h4,6,8-9,12,25H,3,5,7,10-11,13-14,24H2,1-2H3. The number of fused-ring (bicyclic) bond motifs is 1. The quantitative estimate of drug-likeness (QED) is 0.458. The molecule has 178 valence electrons.